The zero-order valence-electron chi connectivity index (χ0n) is 21.3. The molecule has 0 radical (unpaired) electrons. The Morgan fingerprint density at radius 2 is 1.79 bits per heavy atom. The molecule has 8 heteroatoms. The van der Waals surface area contributed by atoms with E-state index in [1.165, 1.54) is 12.1 Å². The Labute approximate surface area is 232 Å². The normalized spacial score (nSPS) is 16.3. The third-order valence-corrected chi connectivity index (χ3v) is 8.17. The molecule has 3 aromatic carbocycles. The summed E-state index contributed by atoms with van der Waals surface area (Å²) in [4.78, 5) is 30.1. The zero-order chi connectivity index (χ0) is 26.8. The van der Waals surface area contributed by atoms with Crippen LogP contribution in [0.5, 0.6) is 0 Å². The number of likely N-dealkylation sites (tertiary alicyclic amines) is 1. The van der Waals surface area contributed by atoms with Crippen LogP contribution in [0.4, 0.5) is 10.1 Å². The minimum absolute atomic E-state index is 0.0981. The number of aryl methyl sites for hydroxylation is 1. The van der Waals surface area contributed by atoms with Crippen LogP contribution in [0.3, 0.4) is 0 Å². The van der Waals surface area contributed by atoms with E-state index < -0.39 is 5.82 Å². The lowest BCUT2D eigenvalue weighted by atomic mass is 9.94. The van der Waals surface area contributed by atoms with Crippen molar-refractivity contribution < 1.29 is 14.0 Å². The van der Waals surface area contributed by atoms with Gasteiger partial charge in [-0.2, -0.15) is 0 Å². The van der Waals surface area contributed by atoms with Gasteiger partial charge >= 0.3 is 0 Å². The van der Waals surface area contributed by atoms with Crippen LogP contribution < -0.4 is 10.2 Å². The van der Waals surface area contributed by atoms with Crippen molar-refractivity contribution in [2.45, 2.75) is 38.1 Å². The first-order valence-corrected chi connectivity index (χ1v) is 13.7. The summed E-state index contributed by atoms with van der Waals surface area (Å²) in [5.74, 6) is -0.775. The van der Waals surface area contributed by atoms with Crippen molar-refractivity contribution in [3.63, 3.8) is 0 Å². The lowest BCUT2D eigenvalue weighted by Crippen LogP contribution is -2.43. The van der Waals surface area contributed by atoms with Crippen molar-refractivity contribution in [1.82, 2.24) is 10.2 Å². The van der Waals surface area contributed by atoms with Crippen molar-refractivity contribution >= 4 is 40.7 Å². The molecule has 0 aliphatic carbocycles. The monoisotopic (exact) mass is 553 g/mol. The molecular formula is C30H30Cl2FN3O2. The summed E-state index contributed by atoms with van der Waals surface area (Å²) in [6.07, 6.45) is 3.37. The van der Waals surface area contributed by atoms with Gasteiger partial charge in [0.05, 0.1) is 6.42 Å². The Balaban J connectivity index is 1.36. The molecule has 0 saturated carbocycles. The lowest BCUT2D eigenvalue weighted by molar-refractivity contribution is -0.118. The van der Waals surface area contributed by atoms with Gasteiger partial charge < -0.3 is 15.1 Å². The van der Waals surface area contributed by atoms with Gasteiger partial charge in [-0.15, -0.1) is 0 Å². The highest BCUT2D eigenvalue weighted by atomic mass is 35.5. The maximum absolute atomic E-state index is 14.3. The van der Waals surface area contributed by atoms with E-state index in [0.29, 0.717) is 17.1 Å². The predicted octanol–water partition coefficient (Wildman–Crippen LogP) is 6.15. The number of hydrogen-bond donors (Lipinski definition) is 1. The second-order valence-electron chi connectivity index (χ2n) is 10.1. The van der Waals surface area contributed by atoms with Gasteiger partial charge in [-0.1, -0.05) is 35.3 Å². The highest BCUT2D eigenvalue weighted by Gasteiger charge is 2.25. The number of benzene rings is 3. The van der Waals surface area contributed by atoms with E-state index in [1.54, 1.807) is 23.1 Å². The molecule has 1 N–H and O–H groups in total. The number of carbonyl (C=O) groups excluding carboxylic acids is 2. The van der Waals surface area contributed by atoms with Crippen molar-refractivity contribution in [2.24, 2.45) is 0 Å². The van der Waals surface area contributed by atoms with Gasteiger partial charge in [0.25, 0.3) is 5.91 Å². The van der Waals surface area contributed by atoms with Gasteiger partial charge in [0, 0.05) is 45.0 Å². The topological polar surface area (TPSA) is 52.7 Å². The van der Waals surface area contributed by atoms with Crippen molar-refractivity contribution in [2.75, 3.05) is 31.6 Å². The Kier molecular flexibility index (Phi) is 8.03. The van der Waals surface area contributed by atoms with Crippen molar-refractivity contribution in [1.29, 1.82) is 0 Å². The van der Waals surface area contributed by atoms with E-state index in [2.05, 4.69) is 17.3 Å². The van der Waals surface area contributed by atoms with Gasteiger partial charge in [-0.25, -0.2) is 4.39 Å². The average molecular weight is 554 g/mol. The highest BCUT2D eigenvalue weighted by Crippen LogP contribution is 2.35. The van der Waals surface area contributed by atoms with Crippen LogP contribution in [0.15, 0.2) is 54.6 Å². The third-order valence-electron chi connectivity index (χ3n) is 7.48. The van der Waals surface area contributed by atoms with Gasteiger partial charge in [0.2, 0.25) is 5.91 Å². The summed E-state index contributed by atoms with van der Waals surface area (Å²) in [7, 11) is 2.09. The first kappa shape index (κ1) is 26.7. The number of amides is 2. The lowest BCUT2D eigenvalue weighted by Gasteiger charge is -2.30. The molecule has 2 heterocycles. The van der Waals surface area contributed by atoms with Gasteiger partial charge in [-0.05, 0) is 99.4 Å². The SMILES string of the molecule is CN1CCC(NC(=O)c2ccc(Cl)c(-c3ccc4c(c3)CCCN4C(=O)Cc3c(F)cccc3Cl)c2)CC1. The molecule has 0 spiro atoms. The van der Waals surface area contributed by atoms with E-state index in [0.717, 1.165) is 61.2 Å². The van der Waals surface area contributed by atoms with E-state index >= 15 is 0 Å². The number of carbonyl (C=O) groups is 2. The summed E-state index contributed by atoms with van der Waals surface area (Å²) >= 11 is 12.7. The number of nitrogens with one attached hydrogen (secondary N) is 1. The highest BCUT2D eigenvalue weighted by molar-refractivity contribution is 6.33. The molecule has 2 aliphatic heterocycles. The quantitative estimate of drug-likeness (QED) is 0.412. The fourth-order valence-electron chi connectivity index (χ4n) is 5.28. The zero-order valence-corrected chi connectivity index (χ0v) is 22.8. The molecule has 1 saturated heterocycles. The third kappa shape index (κ3) is 5.73. The van der Waals surface area contributed by atoms with E-state index in [9.17, 15) is 14.0 Å². The molecule has 0 unspecified atom stereocenters. The molecule has 5 rings (SSSR count). The van der Waals surface area contributed by atoms with Gasteiger partial charge in [-0.3, -0.25) is 9.59 Å². The summed E-state index contributed by atoms with van der Waals surface area (Å²) in [5, 5.41) is 3.97. The molecule has 38 heavy (non-hydrogen) atoms. The molecule has 2 aliphatic rings. The molecule has 1 fully saturated rings. The first-order chi connectivity index (χ1) is 18.3. The van der Waals surface area contributed by atoms with Gasteiger partial charge in [0.15, 0.2) is 0 Å². The number of anilines is 1. The standard InChI is InChI=1S/C30H30Cl2FN3O2/c1-35-14-11-22(12-15-35)34-30(38)21-7-9-26(32)23(17-21)19-8-10-28-20(16-19)4-3-13-36(28)29(37)18-24-25(31)5-2-6-27(24)33/h2,5-10,16-17,22H,3-4,11-15,18H2,1H3,(H,34,38). The number of nitrogens with zero attached hydrogens (tertiary/aromatic N) is 2. The number of piperidine rings is 1. The van der Waals surface area contributed by atoms with Crippen LogP contribution in [-0.2, 0) is 17.6 Å². The fraction of sp³-hybridized carbons (Fsp3) is 0.333. The Hall–Kier alpha value is -2.93. The van der Waals surface area contributed by atoms with Crippen LogP contribution in [0.2, 0.25) is 10.0 Å². The van der Waals surface area contributed by atoms with Crippen molar-refractivity contribution in [3.05, 3.63) is 87.2 Å². The van der Waals surface area contributed by atoms with Crippen LogP contribution in [0.1, 0.15) is 40.7 Å². The molecule has 5 nitrogen and oxygen atoms in total. The minimum atomic E-state index is -0.479. The second kappa shape index (κ2) is 11.4. The fourth-order valence-corrected chi connectivity index (χ4v) is 5.74. The molecule has 0 bridgehead atoms. The number of rotatable bonds is 5. The predicted molar refractivity (Wildman–Crippen MR) is 151 cm³/mol. The number of hydrogen-bond acceptors (Lipinski definition) is 3. The number of halogens is 3. The molecular weight excluding hydrogens is 524 g/mol. The largest absolute Gasteiger partial charge is 0.349 e. The molecule has 2 amide bonds. The van der Waals surface area contributed by atoms with Gasteiger partial charge in [0.1, 0.15) is 5.82 Å². The van der Waals surface area contributed by atoms with Crippen LogP contribution >= 0.6 is 23.2 Å². The Morgan fingerprint density at radius 1 is 1.00 bits per heavy atom. The summed E-state index contributed by atoms with van der Waals surface area (Å²) in [6, 6.07) is 15.8. The summed E-state index contributed by atoms with van der Waals surface area (Å²) < 4.78 is 14.3. The van der Waals surface area contributed by atoms with Crippen LogP contribution in [0.25, 0.3) is 11.1 Å². The Morgan fingerprint density at radius 3 is 2.55 bits per heavy atom. The molecule has 198 valence electrons. The maximum Gasteiger partial charge on any atom is 0.251 e. The van der Waals surface area contributed by atoms with Crippen molar-refractivity contribution in [3.8, 4) is 11.1 Å². The van der Waals surface area contributed by atoms with E-state index in [1.807, 2.05) is 24.3 Å². The Bertz CT molecular complexity index is 1350. The number of fused-ring (bicyclic) bond motifs is 1. The second-order valence-corrected chi connectivity index (χ2v) is 10.9. The van der Waals surface area contributed by atoms with Crippen LogP contribution in [0, 0.1) is 5.82 Å². The molecule has 0 atom stereocenters. The van der Waals surface area contributed by atoms with Crippen LogP contribution in [-0.4, -0.2) is 49.4 Å². The average Bonchev–Trinajstić information content (AvgIpc) is 2.91. The minimum Gasteiger partial charge on any atom is -0.349 e. The summed E-state index contributed by atoms with van der Waals surface area (Å²) in [5.41, 5.74) is 4.26. The maximum atomic E-state index is 14.3. The molecule has 3 aromatic rings. The van der Waals surface area contributed by atoms with E-state index in [-0.39, 0.29) is 34.9 Å². The summed E-state index contributed by atoms with van der Waals surface area (Å²) in [6.45, 7) is 2.50. The molecule has 0 aromatic heterocycles. The first-order valence-electron chi connectivity index (χ1n) is 13.0. The smallest absolute Gasteiger partial charge is 0.251 e. The van der Waals surface area contributed by atoms with E-state index in [4.69, 9.17) is 23.2 Å².